The Labute approximate surface area is 122 Å². The highest BCUT2D eigenvalue weighted by Crippen LogP contribution is 2.14. The summed E-state index contributed by atoms with van der Waals surface area (Å²) >= 11 is 0. The molecule has 1 atom stereocenters. The van der Waals surface area contributed by atoms with Crippen LogP contribution in [0.15, 0.2) is 18.3 Å². The highest BCUT2D eigenvalue weighted by atomic mass is 16.5. The number of nitrogens with zero attached hydrogens (tertiary/aromatic N) is 1. The summed E-state index contributed by atoms with van der Waals surface area (Å²) in [5.74, 6) is -0.606. The van der Waals surface area contributed by atoms with Crippen LogP contribution in [-0.4, -0.2) is 41.2 Å². The fourth-order valence-corrected chi connectivity index (χ4v) is 2.04. The number of aliphatic carboxylic acids is 1. The van der Waals surface area contributed by atoms with Gasteiger partial charge >= 0.3 is 5.97 Å². The second kappa shape index (κ2) is 7.58. The molecule has 21 heavy (non-hydrogen) atoms. The zero-order chi connectivity index (χ0) is 15.1. The number of anilines is 2. The summed E-state index contributed by atoms with van der Waals surface area (Å²) in [7, 11) is 0. The van der Waals surface area contributed by atoms with E-state index in [1.165, 1.54) is 6.20 Å². The van der Waals surface area contributed by atoms with Gasteiger partial charge in [0.1, 0.15) is 5.82 Å². The molecule has 114 valence electrons. The molecule has 2 rings (SSSR count). The Kier molecular flexibility index (Phi) is 5.51. The topological polar surface area (TPSA) is 101 Å². The zero-order valence-corrected chi connectivity index (χ0v) is 11.7. The van der Waals surface area contributed by atoms with E-state index in [1.807, 2.05) is 0 Å². The van der Waals surface area contributed by atoms with Crippen LogP contribution in [0.2, 0.25) is 0 Å². The molecule has 1 fully saturated rings. The molecule has 1 aromatic heterocycles. The van der Waals surface area contributed by atoms with Crippen molar-refractivity contribution >= 4 is 23.4 Å². The molecule has 1 aromatic rings. The van der Waals surface area contributed by atoms with Crippen molar-refractivity contribution in [2.75, 3.05) is 23.8 Å². The Morgan fingerprint density at radius 1 is 1.38 bits per heavy atom. The highest BCUT2D eigenvalue weighted by molar-refractivity contribution is 5.92. The van der Waals surface area contributed by atoms with E-state index >= 15 is 0 Å². The number of carboxylic acids is 1. The van der Waals surface area contributed by atoms with Crippen LogP contribution in [0, 0.1) is 0 Å². The first-order valence-corrected chi connectivity index (χ1v) is 6.96. The quantitative estimate of drug-likeness (QED) is 0.704. The van der Waals surface area contributed by atoms with Crippen molar-refractivity contribution in [2.24, 2.45) is 0 Å². The average molecular weight is 293 g/mol. The van der Waals surface area contributed by atoms with Gasteiger partial charge in [0.15, 0.2) is 0 Å². The van der Waals surface area contributed by atoms with Crippen molar-refractivity contribution in [3.8, 4) is 0 Å². The maximum atomic E-state index is 11.5. The molecule has 3 N–H and O–H groups in total. The van der Waals surface area contributed by atoms with Gasteiger partial charge in [-0.3, -0.25) is 9.59 Å². The molecular formula is C14H19N3O4. The lowest BCUT2D eigenvalue weighted by molar-refractivity contribution is -0.138. The molecule has 1 unspecified atom stereocenters. The molecule has 0 bridgehead atoms. The first kappa shape index (κ1) is 15.2. The molecule has 0 aliphatic carbocycles. The summed E-state index contributed by atoms with van der Waals surface area (Å²) in [5, 5.41) is 14.3. The van der Waals surface area contributed by atoms with Crippen molar-refractivity contribution in [3.05, 3.63) is 18.3 Å². The largest absolute Gasteiger partial charge is 0.481 e. The smallest absolute Gasteiger partial charge is 0.303 e. The van der Waals surface area contributed by atoms with E-state index in [4.69, 9.17) is 9.84 Å². The molecule has 0 spiro atoms. The van der Waals surface area contributed by atoms with Crippen molar-refractivity contribution in [1.29, 1.82) is 0 Å². The number of amides is 1. The monoisotopic (exact) mass is 293 g/mol. The van der Waals surface area contributed by atoms with E-state index in [2.05, 4.69) is 15.6 Å². The molecule has 1 saturated heterocycles. The van der Waals surface area contributed by atoms with Crippen LogP contribution in [0.3, 0.4) is 0 Å². The molecule has 0 aromatic carbocycles. The van der Waals surface area contributed by atoms with E-state index in [1.54, 1.807) is 12.1 Å². The van der Waals surface area contributed by atoms with Gasteiger partial charge in [-0.05, 0) is 25.0 Å². The number of carbonyl (C=O) groups excluding carboxylic acids is 1. The molecule has 7 heteroatoms. The summed E-state index contributed by atoms with van der Waals surface area (Å²) < 4.78 is 5.50. The fraction of sp³-hybridized carbons (Fsp3) is 0.500. The van der Waals surface area contributed by atoms with Crippen LogP contribution in [0.4, 0.5) is 11.5 Å². The minimum absolute atomic E-state index is 0.0473. The van der Waals surface area contributed by atoms with Crippen molar-refractivity contribution in [2.45, 2.75) is 31.8 Å². The number of hydrogen-bond donors (Lipinski definition) is 3. The van der Waals surface area contributed by atoms with Gasteiger partial charge in [-0.15, -0.1) is 0 Å². The predicted octanol–water partition coefficient (Wildman–Crippen LogP) is 1.48. The fourth-order valence-electron chi connectivity index (χ4n) is 2.04. The number of hydrogen-bond acceptors (Lipinski definition) is 5. The molecular weight excluding hydrogens is 274 g/mol. The standard InChI is InChI=1S/C14H19N3O4/c18-13(5-6-14(19)20)17-10-3-4-12(15-8-10)16-9-11-2-1-7-21-11/h3-4,8,11H,1-2,5-7,9H2,(H,15,16)(H,17,18)(H,19,20). The van der Waals surface area contributed by atoms with Crippen molar-refractivity contribution in [3.63, 3.8) is 0 Å². The lowest BCUT2D eigenvalue weighted by Gasteiger charge is -2.11. The second-order valence-electron chi connectivity index (χ2n) is 4.89. The Bertz CT molecular complexity index is 483. The minimum atomic E-state index is -0.989. The van der Waals surface area contributed by atoms with Gasteiger partial charge in [0, 0.05) is 19.6 Å². The Morgan fingerprint density at radius 3 is 2.86 bits per heavy atom. The molecule has 1 aliphatic rings. The molecule has 1 amide bonds. The lowest BCUT2D eigenvalue weighted by Crippen LogP contribution is -2.19. The number of ether oxygens (including phenoxy) is 1. The number of carboxylic acid groups (broad SMARTS) is 1. The average Bonchev–Trinajstić information content (AvgIpc) is 2.98. The third-order valence-electron chi connectivity index (χ3n) is 3.15. The normalized spacial score (nSPS) is 17.4. The summed E-state index contributed by atoms with van der Waals surface area (Å²) in [6.07, 6.45) is 3.71. The second-order valence-corrected chi connectivity index (χ2v) is 4.89. The molecule has 0 saturated carbocycles. The third-order valence-corrected chi connectivity index (χ3v) is 3.15. The van der Waals surface area contributed by atoms with Gasteiger partial charge in [0.25, 0.3) is 0 Å². The van der Waals surface area contributed by atoms with Gasteiger partial charge in [-0.1, -0.05) is 0 Å². The predicted molar refractivity (Wildman–Crippen MR) is 77.2 cm³/mol. The molecule has 1 aliphatic heterocycles. The van der Waals surface area contributed by atoms with Crippen LogP contribution in [0.5, 0.6) is 0 Å². The molecule has 0 radical (unpaired) electrons. The van der Waals surface area contributed by atoms with Crippen LogP contribution in [0.25, 0.3) is 0 Å². The summed E-state index contributed by atoms with van der Waals surface area (Å²) in [6, 6.07) is 3.49. The molecule has 7 nitrogen and oxygen atoms in total. The minimum Gasteiger partial charge on any atom is -0.481 e. The summed E-state index contributed by atoms with van der Waals surface area (Å²) in [6.45, 7) is 1.54. The van der Waals surface area contributed by atoms with E-state index in [0.29, 0.717) is 11.5 Å². The Morgan fingerprint density at radius 2 is 2.24 bits per heavy atom. The Hall–Kier alpha value is -2.15. The van der Waals surface area contributed by atoms with E-state index < -0.39 is 5.97 Å². The van der Waals surface area contributed by atoms with E-state index in [-0.39, 0.29) is 24.9 Å². The Balaban J connectivity index is 1.75. The number of pyridine rings is 1. The number of carbonyl (C=O) groups is 2. The maximum absolute atomic E-state index is 11.5. The SMILES string of the molecule is O=C(O)CCC(=O)Nc1ccc(NCC2CCCO2)nc1. The van der Waals surface area contributed by atoms with Crippen LogP contribution in [0.1, 0.15) is 25.7 Å². The van der Waals surface area contributed by atoms with Gasteiger partial charge < -0.3 is 20.5 Å². The van der Waals surface area contributed by atoms with E-state index in [9.17, 15) is 9.59 Å². The van der Waals surface area contributed by atoms with Gasteiger partial charge in [-0.25, -0.2) is 4.98 Å². The van der Waals surface area contributed by atoms with Gasteiger partial charge in [0.2, 0.25) is 5.91 Å². The first-order chi connectivity index (χ1) is 10.1. The molecule has 2 heterocycles. The van der Waals surface area contributed by atoms with Crippen LogP contribution >= 0.6 is 0 Å². The summed E-state index contributed by atoms with van der Waals surface area (Å²) in [5.41, 5.74) is 0.549. The van der Waals surface area contributed by atoms with Crippen molar-refractivity contribution < 1.29 is 19.4 Å². The lowest BCUT2D eigenvalue weighted by atomic mass is 10.2. The summed E-state index contributed by atoms with van der Waals surface area (Å²) in [4.78, 5) is 26.0. The number of rotatable bonds is 7. The number of aromatic nitrogens is 1. The van der Waals surface area contributed by atoms with Crippen LogP contribution < -0.4 is 10.6 Å². The maximum Gasteiger partial charge on any atom is 0.303 e. The van der Waals surface area contributed by atoms with Crippen molar-refractivity contribution in [1.82, 2.24) is 4.98 Å². The van der Waals surface area contributed by atoms with E-state index in [0.717, 1.165) is 26.0 Å². The number of nitrogens with one attached hydrogen (secondary N) is 2. The zero-order valence-electron chi connectivity index (χ0n) is 11.7. The van der Waals surface area contributed by atoms with Crippen LogP contribution in [-0.2, 0) is 14.3 Å². The van der Waals surface area contributed by atoms with Gasteiger partial charge in [-0.2, -0.15) is 0 Å². The first-order valence-electron chi connectivity index (χ1n) is 6.96. The van der Waals surface area contributed by atoms with Gasteiger partial charge in [0.05, 0.1) is 24.4 Å². The highest BCUT2D eigenvalue weighted by Gasteiger charge is 2.14. The third kappa shape index (κ3) is 5.39.